The van der Waals surface area contributed by atoms with E-state index in [0.29, 0.717) is 19.3 Å². The van der Waals surface area contributed by atoms with Crippen molar-refractivity contribution in [3.8, 4) is 11.8 Å². The third kappa shape index (κ3) is 9.40. The molecule has 1 unspecified atom stereocenters. The maximum atomic E-state index is 5.59. The summed E-state index contributed by atoms with van der Waals surface area (Å²) < 4.78 is 11.1. The van der Waals surface area contributed by atoms with Crippen molar-refractivity contribution in [2.45, 2.75) is 40.2 Å². The normalized spacial score (nSPS) is 12.6. The monoisotopic (exact) mass is 317 g/mol. The van der Waals surface area contributed by atoms with Crippen LogP contribution in [0.5, 0.6) is 0 Å². The molecular weight excluding hydrogens is 286 g/mol. The van der Waals surface area contributed by atoms with E-state index in [1.54, 1.807) is 0 Å². The predicted octanol–water partition coefficient (Wildman–Crippen LogP) is 3.79. The highest BCUT2D eigenvalue weighted by Crippen LogP contribution is 2.13. The Hall–Kier alpha value is -1.34. The van der Waals surface area contributed by atoms with Crippen LogP contribution in [0.2, 0.25) is 0 Å². The Morgan fingerprint density at radius 2 is 1.74 bits per heavy atom. The topological polar surface area (TPSA) is 30.5 Å². The first kappa shape index (κ1) is 19.7. The zero-order chi connectivity index (χ0) is 17.1. The first-order valence-corrected chi connectivity index (χ1v) is 8.34. The minimum absolute atomic E-state index is 0.229. The van der Waals surface area contributed by atoms with Gasteiger partial charge >= 0.3 is 0 Å². The Bertz CT molecular complexity index is 491. The number of ether oxygens (including phenoxy) is 2. The molecule has 0 saturated heterocycles. The lowest BCUT2D eigenvalue weighted by Gasteiger charge is -2.17. The molecule has 1 aromatic rings. The number of nitrogens with one attached hydrogen (secondary N) is 1. The largest absolute Gasteiger partial charge is 0.381 e. The van der Waals surface area contributed by atoms with Crippen LogP contribution in [0.15, 0.2) is 24.3 Å². The molecule has 128 valence electrons. The molecule has 3 nitrogen and oxygen atoms in total. The van der Waals surface area contributed by atoms with Crippen molar-refractivity contribution < 1.29 is 9.47 Å². The summed E-state index contributed by atoms with van der Waals surface area (Å²) in [5, 5.41) is 3.22. The van der Waals surface area contributed by atoms with E-state index in [1.165, 1.54) is 5.56 Å². The molecule has 0 aliphatic heterocycles. The van der Waals surface area contributed by atoms with Crippen molar-refractivity contribution in [3.63, 3.8) is 0 Å². The van der Waals surface area contributed by atoms with Gasteiger partial charge in [0.1, 0.15) is 6.61 Å². The highest BCUT2D eigenvalue weighted by Gasteiger charge is 2.09. The third-order valence-corrected chi connectivity index (χ3v) is 3.36. The molecule has 0 fully saturated rings. The zero-order valence-electron chi connectivity index (χ0n) is 15.2. The fraction of sp³-hybridized carbons (Fsp3) is 0.600. The average Bonchev–Trinajstić information content (AvgIpc) is 2.52. The summed E-state index contributed by atoms with van der Waals surface area (Å²) in [5.74, 6) is 6.17. The van der Waals surface area contributed by atoms with E-state index >= 15 is 0 Å². The fourth-order valence-electron chi connectivity index (χ4n) is 1.92. The Kier molecular flexibility index (Phi) is 8.94. The van der Waals surface area contributed by atoms with Crippen molar-refractivity contribution >= 4 is 0 Å². The van der Waals surface area contributed by atoms with Gasteiger partial charge in [0.25, 0.3) is 0 Å². The second-order valence-electron chi connectivity index (χ2n) is 6.95. The summed E-state index contributed by atoms with van der Waals surface area (Å²) in [7, 11) is 1.96. The van der Waals surface area contributed by atoms with Crippen LogP contribution in [0.4, 0.5) is 0 Å². The van der Waals surface area contributed by atoms with Gasteiger partial charge in [-0.05, 0) is 43.5 Å². The molecule has 3 heteroatoms. The van der Waals surface area contributed by atoms with E-state index in [9.17, 15) is 0 Å². The first-order valence-electron chi connectivity index (χ1n) is 8.34. The lowest BCUT2D eigenvalue weighted by molar-refractivity contribution is 0.0531. The fourth-order valence-corrected chi connectivity index (χ4v) is 1.92. The molecule has 0 radical (unpaired) electrons. The molecule has 1 aromatic carbocycles. The molecular formula is C20H31NO2. The molecule has 0 aromatic heterocycles. The maximum absolute atomic E-state index is 5.59. The first-order chi connectivity index (χ1) is 10.9. The number of benzene rings is 1. The highest BCUT2D eigenvalue weighted by atomic mass is 16.5. The summed E-state index contributed by atoms with van der Waals surface area (Å²) in [6.07, 6.45) is 0.911. The minimum Gasteiger partial charge on any atom is -0.381 e. The Morgan fingerprint density at radius 1 is 1.09 bits per heavy atom. The van der Waals surface area contributed by atoms with Gasteiger partial charge in [-0.3, -0.25) is 0 Å². The van der Waals surface area contributed by atoms with Crippen molar-refractivity contribution in [3.05, 3.63) is 35.4 Å². The number of hydrogen-bond donors (Lipinski definition) is 1. The summed E-state index contributed by atoms with van der Waals surface area (Å²) >= 11 is 0. The molecule has 1 rings (SSSR count). The van der Waals surface area contributed by atoms with Gasteiger partial charge < -0.3 is 14.8 Å². The molecule has 0 heterocycles. The SMILES string of the molecule is CNC(C)c1ccc(C#CCOCCCOCC(C)(C)C)cc1. The van der Waals surface area contributed by atoms with Crippen molar-refractivity contribution in [2.75, 3.05) is 33.5 Å². The van der Waals surface area contributed by atoms with E-state index < -0.39 is 0 Å². The van der Waals surface area contributed by atoms with E-state index in [-0.39, 0.29) is 5.41 Å². The van der Waals surface area contributed by atoms with Gasteiger partial charge in [0.15, 0.2) is 0 Å². The van der Waals surface area contributed by atoms with Gasteiger partial charge in [-0.2, -0.15) is 0 Å². The van der Waals surface area contributed by atoms with Crippen LogP contribution in [0.1, 0.15) is 51.3 Å². The summed E-state index contributed by atoms with van der Waals surface area (Å²) in [6, 6.07) is 8.69. The predicted molar refractivity (Wildman–Crippen MR) is 96.5 cm³/mol. The van der Waals surface area contributed by atoms with E-state index in [2.05, 4.69) is 69.1 Å². The smallest absolute Gasteiger partial charge is 0.108 e. The van der Waals surface area contributed by atoms with Crippen LogP contribution < -0.4 is 5.32 Å². The summed E-state index contributed by atoms with van der Waals surface area (Å²) in [5.41, 5.74) is 2.52. The van der Waals surface area contributed by atoms with Crippen molar-refractivity contribution in [1.29, 1.82) is 0 Å². The highest BCUT2D eigenvalue weighted by molar-refractivity contribution is 5.36. The third-order valence-electron chi connectivity index (χ3n) is 3.36. The Balaban J connectivity index is 2.16. The van der Waals surface area contributed by atoms with Crippen LogP contribution in [0, 0.1) is 17.3 Å². The van der Waals surface area contributed by atoms with Gasteiger partial charge in [-0.25, -0.2) is 0 Å². The minimum atomic E-state index is 0.229. The van der Waals surface area contributed by atoms with Gasteiger partial charge in [-0.1, -0.05) is 44.7 Å². The van der Waals surface area contributed by atoms with E-state index in [1.807, 2.05) is 7.05 Å². The molecule has 0 saturated carbocycles. The molecule has 0 spiro atoms. The zero-order valence-corrected chi connectivity index (χ0v) is 15.2. The van der Waals surface area contributed by atoms with Gasteiger partial charge in [0.05, 0.1) is 13.2 Å². The lowest BCUT2D eigenvalue weighted by Crippen LogP contribution is -2.15. The molecule has 1 atom stereocenters. The van der Waals surface area contributed by atoms with E-state index in [0.717, 1.165) is 25.2 Å². The molecule has 0 amide bonds. The van der Waals surface area contributed by atoms with Crippen molar-refractivity contribution in [1.82, 2.24) is 5.32 Å². The van der Waals surface area contributed by atoms with Crippen molar-refractivity contribution in [2.24, 2.45) is 5.41 Å². The van der Waals surface area contributed by atoms with E-state index in [4.69, 9.17) is 9.47 Å². The second-order valence-corrected chi connectivity index (χ2v) is 6.95. The average molecular weight is 317 g/mol. The molecule has 0 aliphatic carbocycles. The van der Waals surface area contributed by atoms with Crippen LogP contribution in [-0.4, -0.2) is 33.5 Å². The molecule has 1 N–H and O–H groups in total. The lowest BCUT2D eigenvalue weighted by atomic mass is 9.99. The van der Waals surface area contributed by atoms with Crippen LogP contribution >= 0.6 is 0 Å². The van der Waals surface area contributed by atoms with Gasteiger partial charge in [0, 0.05) is 18.2 Å². The van der Waals surface area contributed by atoms with Gasteiger partial charge in [-0.15, -0.1) is 0 Å². The van der Waals surface area contributed by atoms with Crippen LogP contribution in [0.3, 0.4) is 0 Å². The number of hydrogen-bond acceptors (Lipinski definition) is 3. The maximum Gasteiger partial charge on any atom is 0.108 e. The summed E-state index contributed by atoms with van der Waals surface area (Å²) in [4.78, 5) is 0. The number of rotatable bonds is 8. The standard InChI is InChI=1S/C20H31NO2/c1-17(21-5)19-11-9-18(10-12-19)8-6-13-22-14-7-15-23-16-20(2,3)4/h9-12,17,21H,7,13-16H2,1-5H3. The molecule has 0 aliphatic rings. The molecule has 23 heavy (non-hydrogen) atoms. The van der Waals surface area contributed by atoms with Crippen LogP contribution in [-0.2, 0) is 9.47 Å². The summed E-state index contributed by atoms with van der Waals surface area (Å²) in [6.45, 7) is 11.3. The second kappa shape index (κ2) is 10.4. The molecule has 0 bridgehead atoms. The Morgan fingerprint density at radius 3 is 2.35 bits per heavy atom. The quantitative estimate of drug-likeness (QED) is 0.584. The van der Waals surface area contributed by atoms with Crippen LogP contribution in [0.25, 0.3) is 0 Å². The Labute approximate surface area is 141 Å². The van der Waals surface area contributed by atoms with Gasteiger partial charge in [0.2, 0.25) is 0 Å².